The number of likely N-dealkylation sites (tertiary alicyclic amines) is 1. The van der Waals surface area contributed by atoms with Crippen LogP contribution in [0, 0.1) is 0 Å². The molecule has 4 rings (SSSR count). The second kappa shape index (κ2) is 8.45. The molecule has 1 N–H and O–H groups in total. The SMILES string of the molecule is COc1ccc(NC(=O)CN2CCC(c3nnc(C4CC4)s3)CC2)cc1OC. The predicted molar refractivity (Wildman–Crippen MR) is 108 cm³/mol. The number of rotatable bonds is 7. The van der Waals surface area contributed by atoms with Crippen LogP contribution in [0.15, 0.2) is 18.2 Å². The van der Waals surface area contributed by atoms with Gasteiger partial charge in [0.25, 0.3) is 0 Å². The fourth-order valence-corrected chi connectivity index (χ4v) is 4.74. The zero-order chi connectivity index (χ0) is 19.5. The highest BCUT2D eigenvalue weighted by Crippen LogP contribution is 2.43. The molecule has 0 radical (unpaired) electrons. The first kappa shape index (κ1) is 19.1. The Morgan fingerprint density at radius 2 is 1.71 bits per heavy atom. The smallest absolute Gasteiger partial charge is 0.238 e. The number of hydrogen-bond acceptors (Lipinski definition) is 7. The van der Waals surface area contributed by atoms with Gasteiger partial charge in [0.05, 0.1) is 20.8 Å². The minimum Gasteiger partial charge on any atom is -0.493 e. The molecular weight excluding hydrogens is 376 g/mol. The Kier molecular flexibility index (Phi) is 5.77. The van der Waals surface area contributed by atoms with E-state index in [9.17, 15) is 4.79 Å². The maximum absolute atomic E-state index is 12.4. The summed E-state index contributed by atoms with van der Waals surface area (Å²) >= 11 is 1.79. The number of carbonyl (C=O) groups excluding carboxylic acids is 1. The molecule has 1 saturated carbocycles. The van der Waals surface area contributed by atoms with E-state index in [1.165, 1.54) is 22.9 Å². The number of nitrogens with one attached hydrogen (secondary N) is 1. The first-order valence-corrected chi connectivity index (χ1v) is 10.6. The maximum atomic E-state index is 12.4. The third-order valence-corrected chi connectivity index (χ3v) is 6.60. The van der Waals surface area contributed by atoms with Gasteiger partial charge in [0.2, 0.25) is 5.91 Å². The van der Waals surface area contributed by atoms with Crippen molar-refractivity contribution in [3.63, 3.8) is 0 Å². The Morgan fingerprint density at radius 1 is 1.07 bits per heavy atom. The van der Waals surface area contributed by atoms with E-state index >= 15 is 0 Å². The summed E-state index contributed by atoms with van der Waals surface area (Å²) in [6.45, 7) is 2.20. The molecule has 1 aromatic carbocycles. The van der Waals surface area contributed by atoms with Gasteiger partial charge >= 0.3 is 0 Å². The summed E-state index contributed by atoms with van der Waals surface area (Å²) in [5, 5.41) is 14.1. The van der Waals surface area contributed by atoms with E-state index in [0.717, 1.165) is 25.9 Å². The van der Waals surface area contributed by atoms with Crippen molar-refractivity contribution in [1.29, 1.82) is 0 Å². The lowest BCUT2D eigenvalue weighted by Gasteiger charge is -2.30. The lowest BCUT2D eigenvalue weighted by atomic mass is 9.98. The number of ether oxygens (including phenoxy) is 2. The van der Waals surface area contributed by atoms with Gasteiger partial charge in [-0.2, -0.15) is 0 Å². The number of anilines is 1. The van der Waals surface area contributed by atoms with E-state index in [0.29, 0.717) is 35.6 Å². The van der Waals surface area contributed by atoms with E-state index in [-0.39, 0.29) is 5.91 Å². The van der Waals surface area contributed by atoms with Crippen molar-refractivity contribution >= 4 is 22.9 Å². The van der Waals surface area contributed by atoms with Gasteiger partial charge in [-0.05, 0) is 50.9 Å². The normalized spacial score (nSPS) is 18.1. The van der Waals surface area contributed by atoms with Gasteiger partial charge in [-0.25, -0.2) is 0 Å². The summed E-state index contributed by atoms with van der Waals surface area (Å²) in [4.78, 5) is 14.6. The zero-order valence-corrected chi connectivity index (χ0v) is 17.1. The summed E-state index contributed by atoms with van der Waals surface area (Å²) in [7, 11) is 3.17. The van der Waals surface area contributed by atoms with Crippen LogP contribution >= 0.6 is 11.3 Å². The summed E-state index contributed by atoms with van der Waals surface area (Å²) < 4.78 is 10.5. The second-order valence-electron chi connectivity index (χ2n) is 7.42. The molecule has 2 heterocycles. The number of carbonyl (C=O) groups is 1. The molecular formula is C20H26N4O3S. The van der Waals surface area contributed by atoms with Gasteiger partial charge in [0.15, 0.2) is 11.5 Å². The highest BCUT2D eigenvalue weighted by atomic mass is 32.1. The topological polar surface area (TPSA) is 76.6 Å². The third kappa shape index (κ3) is 4.44. The summed E-state index contributed by atoms with van der Waals surface area (Å²) in [5.74, 6) is 2.38. The van der Waals surface area contributed by atoms with Crippen LogP contribution < -0.4 is 14.8 Å². The van der Waals surface area contributed by atoms with Crippen LogP contribution in [0.4, 0.5) is 5.69 Å². The van der Waals surface area contributed by atoms with Crippen molar-refractivity contribution in [3.8, 4) is 11.5 Å². The van der Waals surface area contributed by atoms with Crippen molar-refractivity contribution in [3.05, 3.63) is 28.2 Å². The highest BCUT2D eigenvalue weighted by molar-refractivity contribution is 7.11. The number of nitrogens with zero attached hydrogens (tertiary/aromatic N) is 3. The molecule has 2 aliphatic rings. The molecule has 150 valence electrons. The minimum absolute atomic E-state index is 0.0161. The predicted octanol–water partition coefficient (Wildman–Crippen LogP) is 3.25. The average Bonchev–Trinajstić information content (AvgIpc) is 3.45. The molecule has 8 heteroatoms. The molecule has 0 bridgehead atoms. The molecule has 2 fully saturated rings. The Bertz CT molecular complexity index is 829. The monoisotopic (exact) mass is 402 g/mol. The molecule has 1 aliphatic heterocycles. The van der Waals surface area contributed by atoms with Crippen LogP contribution in [0.3, 0.4) is 0 Å². The number of amides is 1. The number of hydrogen-bond donors (Lipinski definition) is 1. The number of aromatic nitrogens is 2. The van der Waals surface area contributed by atoms with Crippen molar-refractivity contribution in [2.45, 2.75) is 37.5 Å². The van der Waals surface area contributed by atoms with E-state index in [1.807, 2.05) is 6.07 Å². The van der Waals surface area contributed by atoms with E-state index in [4.69, 9.17) is 9.47 Å². The van der Waals surface area contributed by atoms with Crippen molar-refractivity contribution < 1.29 is 14.3 Å². The molecule has 28 heavy (non-hydrogen) atoms. The van der Waals surface area contributed by atoms with Crippen LogP contribution in [0.2, 0.25) is 0 Å². The summed E-state index contributed by atoms with van der Waals surface area (Å²) in [6.07, 6.45) is 4.59. The van der Waals surface area contributed by atoms with Crippen LogP contribution in [-0.4, -0.2) is 54.9 Å². The first-order chi connectivity index (χ1) is 13.7. The second-order valence-corrected chi connectivity index (χ2v) is 8.46. The van der Waals surface area contributed by atoms with Gasteiger partial charge in [-0.15, -0.1) is 21.5 Å². The summed E-state index contributed by atoms with van der Waals surface area (Å²) in [6, 6.07) is 5.38. The maximum Gasteiger partial charge on any atom is 0.238 e. The highest BCUT2D eigenvalue weighted by Gasteiger charge is 2.30. The number of piperidine rings is 1. The molecule has 1 aromatic heterocycles. The molecule has 0 unspecified atom stereocenters. The lowest BCUT2D eigenvalue weighted by molar-refractivity contribution is -0.117. The quantitative estimate of drug-likeness (QED) is 0.766. The van der Waals surface area contributed by atoms with Crippen LogP contribution in [-0.2, 0) is 4.79 Å². The molecule has 0 spiro atoms. The molecule has 7 nitrogen and oxygen atoms in total. The standard InChI is InChI=1S/C20H26N4O3S/c1-26-16-6-5-15(11-17(16)27-2)21-18(25)12-24-9-7-14(8-10-24)20-23-22-19(28-20)13-3-4-13/h5-6,11,13-14H,3-4,7-10,12H2,1-2H3,(H,21,25). The van der Waals surface area contributed by atoms with E-state index in [2.05, 4.69) is 20.4 Å². The fourth-order valence-electron chi connectivity index (χ4n) is 3.56. The van der Waals surface area contributed by atoms with E-state index < -0.39 is 0 Å². The minimum atomic E-state index is -0.0161. The van der Waals surface area contributed by atoms with Crippen LogP contribution in [0.5, 0.6) is 11.5 Å². The number of methoxy groups -OCH3 is 2. The van der Waals surface area contributed by atoms with Gasteiger partial charge in [-0.3, -0.25) is 9.69 Å². The molecule has 2 aromatic rings. The van der Waals surface area contributed by atoms with Crippen molar-refractivity contribution in [1.82, 2.24) is 15.1 Å². The molecule has 1 saturated heterocycles. The fraction of sp³-hybridized carbons (Fsp3) is 0.550. The largest absolute Gasteiger partial charge is 0.493 e. The van der Waals surface area contributed by atoms with Crippen LogP contribution in [0.1, 0.15) is 47.5 Å². The van der Waals surface area contributed by atoms with Gasteiger partial charge in [0.1, 0.15) is 10.0 Å². The molecule has 1 amide bonds. The number of benzene rings is 1. The Hall–Kier alpha value is -2.19. The molecule has 0 atom stereocenters. The summed E-state index contributed by atoms with van der Waals surface area (Å²) in [5.41, 5.74) is 0.707. The van der Waals surface area contributed by atoms with E-state index in [1.54, 1.807) is 37.7 Å². The van der Waals surface area contributed by atoms with Crippen molar-refractivity contribution in [2.24, 2.45) is 0 Å². The van der Waals surface area contributed by atoms with Gasteiger partial charge in [-0.1, -0.05) is 0 Å². The zero-order valence-electron chi connectivity index (χ0n) is 16.3. The first-order valence-electron chi connectivity index (χ1n) is 9.73. The average molecular weight is 403 g/mol. The third-order valence-electron chi connectivity index (χ3n) is 5.35. The lowest BCUT2D eigenvalue weighted by Crippen LogP contribution is -2.38. The van der Waals surface area contributed by atoms with Gasteiger partial charge < -0.3 is 14.8 Å². The van der Waals surface area contributed by atoms with Gasteiger partial charge in [0, 0.05) is 23.6 Å². The Morgan fingerprint density at radius 3 is 2.32 bits per heavy atom. The Labute approximate surface area is 169 Å². The van der Waals surface area contributed by atoms with Crippen molar-refractivity contribution in [2.75, 3.05) is 39.2 Å². The Balaban J connectivity index is 1.26. The molecule has 1 aliphatic carbocycles. The van der Waals surface area contributed by atoms with Crippen LogP contribution in [0.25, 0.3) is 0 Å².